The van der Waals surface area contributed by atoms with Crippen LogP contribution < -0.4 is 30.7 Å². The summed E-state index contributed by atoms with van der Waals surface area (Å²) in [5, 5.41) is 12.9. The van der Waals surface area contributed by atoms with Gasteiger partial charge in [-0.1, -0.05) is 59.6 Å². The average molecular weight is 785 g/mol. The average Bonchev–Trinajstić information content (AvgIpc) is 3.98. The quantitative estimate of drug-likeness (QED) is 0.139. The van der Waals surface area contributed by atoms with E-state index < -0.39 is 0 Å². The molecule has 12 nitrogen and oxygen atoms in total. The predicted molar refractivity (Wildman–Crippen MR) is 209 cm³/mol. The van der Waals surface area contributed by atoms with Gasteiger partial charge in [0.1, 0.15) is 16.9 Å². The first-order valence-electron chi connectivity index (χ1n) is 18.7. The maximum atomic E-state index is 13.5. The molecule has 14 heteroatoms. The fourth-order valence-electron chi connectivity index (χ4n) is 8.37. The minimum atomic E-state index is -0.348. The largest absolute Gasteiger partial charge is 0.481 e. The predicted octanol–water partition coefficient (Wildman–Crippen LogP) is 5.86. The summed E-state index contributed by atoms with van der Waals surface area (Å²) in [6, 6.07) is 17.2. The number of rotatable bonds is 12. The molecule has 55 heavy (non-hydrogen) atoms. The number of anilines is 1. The molecule has 8 rings (SSSR count). The molecule has 0 saturated carbocycles. The van der Waals surface area contributed by atoms with E-state index in [4.69, 9.17) is 32.7 Å². The summed E-state index contributed by atoms with van der Waals surface area (Å²) in [5.41, 5.74) is 6.01. The molecule has 1 spiro atoms. The van der Waals surface area contributed by atoms with E-state index in [2.05, 4.69) is 36.1 Å². The van der Waals surface area contributed by atoms with Gasteiger partial charge in [0, 0.05) is 74.3 Å². The van der Waals surface area contributed by atoms with E-state index in [1.54, 1.807) is 25.4 Å². The highest BCUT2D eigenvalue weighted by Crippen LogP contribution is 2.44. The fourth-order valence-corrected chi connectivity index (χ4v) is 8.90. The lowest BCUT2D eigenvalue weighted by molar-refractivity contribution is -0.120. The van der Waals surface area contributed by atoms with Gasteiger partial charge in [-0.3, -0.25) is 19.3 Å². The normalized spacial score (nSPS) is 21.8. The highest BCUT2D eigenvalue weighted by atomic mass is 35.5. The lowest BCUT2D eigenvalue weighted by Crippen LogP contribution is -2.35. The summed E-state index contributed by atoms with van der Waals surface area (Å²) in [6.45, 7) is 4.43. The molecule has 3 aliphatic heterocycles. The maximum absolute atomic E-state index is 13.5. The van der Waals surface area contributed by atoms with Gasteiger partial charge in [0.05, 0.1) is 17.7 Å². The number of pyridine rings is 2. The van der Waals surface area contributed by atoms with Gasteiger partial charge in [-0.2, -0.15) is 4.98 Å². The van der Waals surface area contributed by atoms with Gasteiger partial charge in [-0.25, -0.2) is 4.98 Å². The Morgan fingerprint density at radius 2 is 1.89 bits per heavy atom. The van der Waals surface area contributed by atoms with Gasteiger partial charge >= 0.3 is 0 Å². The van der Waals surface area contributed by atoms with Gasteiger partial charge in [0.15, 0.2) is 0 Å². The Bertz CT molecular complexity index is 2130. The van der Waals surface area contributed by atoms with Crippen LogP contribution in [-0.4, -0.2) is 71.9 Å². The third kappa shape index (κ3) is 8.00. The summed E-state index contributed by atoms with van der Waals surface area (Å²) in [6.07, 6.45) is 5.90. The van der Waals surface area contributed by atoms with Crippen molar-refractivity contribution in [1.82, 2.24) is 30.8 Å². The number of aromatic nitrogens is 2. The smallest absolute Gasteiger partial charge is 0.258 e. The molecule has 4 N–H and O–H groups in total. The van der Waals surface area contributed by atoms with Gasteiger partial charge in [0.25, 0.3) is 5.91 Å². The molecule has 0 radical (unpaired) electrons. The van der Waals surface area contributed by atoms with Gasteiger partial charge in [-0.05, 0) is 72.7 Å². The molecule has 286 valence electrons. The van der Waals surface area contributed by atoms with E-state index in [-0.39, 0.29) is 41.2 Å². The van der Waals surface area contributed by atoms with E-state index in [9.17, 15) is 14.4 Å². The van der Waals surface area contributed by atoms with Gasteiger partial charge in [-0.15, -0.1) is 0 Å². The van der Waals surface area contributed by atoms with Crippen LogP contribution >= 0.6 is 23.2 Å². The Kier molecular flexibility index (Phi) is 10.7. The van der Waals surface area contributed by atoms with Crippen molar-refractivity contribution in [2.75, 3.05) is 38.6 Å². The summed E-state index contributed by atoms with van der Waals surface area (Å²) >= 11 is 13.7. The van der Waals surface area contributed by atoms with Crippen molar-refractivity contribution in [3.63, 3.8) is 0 Å². The highest BCUT2D eigenvalue weighted by Gasteiger charge is 2.43. The van der Waals surface area contributed by atoms with Crippen LogP contribution in [0.1, 0.15) is 70.8 Å². The second kappa shape index (κ2) is 15.8. The molecule has 1 aliphatic carbocycles. The van der Waals surface area contributed by atoms with Gasteiger partial charge < -0.3 is 30.7 Å². The number of halogens is 2. The topological polar surface area (TPSA) is 147 Å². The number of amides is 3. The Balaban J connectivity index is 0.921. The van der Waals surface area contributed by atoms with Crippen LogP contribution in [0.4, 0.5) is 5.82 Å². The zero-order valence-electron chi connectivity index (χ0n) is 30.6. The lowest BCUT2D eigenvalue weighted by Gasteiger charge is -2.21. The Morgan fingerprint density at radius 3 is 2.65 bits per heavy atom. The number of nitrogens with one attached hydrogen (secondary N) is 4. The third-order valence-corrected chi connectivity index (χ3v) is 11.8. The van der Waals surface area contributed by atoms with E-state index in [0.29, 0.717) is 59.7 Å². The van der Waals surface area contributed by atoms with Gasteiger partial charge in [0.2, 0.25) is 23.6 Å². The SMILES string of the molecule is COc1nc(O[C@H]2CCc3c(-c4cccc(C(=O)Nc5ccc(CN6CCC7(CNC(=O)C7)C6)cn5)c4Cl)cccc32)c(Cl)cc1CNC[C@@H]1CCC(=O)N1. The number of methoxy groups -OCH3 is 1. The van der Waals surface area contributed by atoms with Crippen LogP contribution in [0.2, 0.25) is 10.0 Å². The molecule has 2 aromatic heterocycles. The number of fused-ring (bicyclic) bond motifs is 1. The molecule has 0 bridgehead atoms. The molecule has 1 unspecified atom stereocenters. The summed E-state index contributed by atoms with van der Waals surface area (Å²) in [7, 11) is 1.56. The van der Waals surface area contributed by atoms with E-state index in [1.165, 1.54) is 0 Å². The van der Waals surface area contributed by atoms with Crippen molar-refractivity contribution in [2.45, 2.75) is 63.8 Å². The molecule has 4 aromatic rings. The van der Waals surface area contributed by atoms with Crippen LogP contribution in [0.5, 0.6) is 11.8 Å². The zero-order chi connectivity index (χ0) is 38.1. The Labute approximate surface area is 329 Å². The van der Waals surface area contributed by atoms with E-state index in [1.807, 2.05) is 42.5 Å². The Hall–Kier alpha value is -4.75. The standard InChI is InChI=1S/C41H43Cl2N7O5/c1-54-39-25(19-44-20-26-9-13-35(51)47-26)16-32(42)40(49-39)55-33-11-10-28-27(4-2-5-29(28)33)30-6-3-7-31(37(30)43)38(53)48-34-12-8-24(18-45-34)21-50-15-14-41(23-50)17-36(52)46-22-41/h2-8,12,16,18,26,33,44H,9-11,13-15,17,19-23H2,1H3,(H,46,52)(H,47,51)(H,45,48,53)/t26-,33-,41?/m0/s1. The van der Waals surface area contributed by atoms with E-state index >= 15 is 0 Å². The molecule has 3 fully saturated rings. The number of ether oxygens (including phenoxy) is 2. The third-order valence-electron chi connectivity index (χ3n) is 11.2. The molecular formula is C41H43Cl2N7O5. The number of hydrogen-bond donors (Lipinski definition) is 4. The molecule has 3 atom stereocenters. The highest BCUT2D eigenvalue weighted by molar-refractivity contribution is 6.37. The van der Waals surface area contributed by atoms with Crippen molar-refractivity contribution in [2.24, 2.45) is 5.41 Å². The van der Waals surface area contributed by atoms with Crippen LogP contribution in [0.15, 0.2) is 60.8 Å². The Morgan fingerprint density at radius 1 is 1.04 bits per heavy atom. The summed E-state index contributed by atoms with van der Waals surface area (Å²) < 4.78 is 12.0. The molecule has 3 saturated heterocycles. The first-order chi connectivity index (χ1) is 26.7. The van der Waals surface area contributed by atoms with Crippen molar-refractivity contribution >= 4 is 46.7 Å². The van der Waals surface area contributed by atoms with Crippen LogP contribution in [0.3, 0.4) is 0 Å². The van der Waals surface area contributed by atoms with Crippen LogP contribution in [0.25, 0.3) is 11.1 Å². The number of carbonyl (C=O) groups excluding carboxylic acids is 3. The number of nitrogens with zero attached hydrogens (tertiary/aromatic N) is 3. The molecule has 5 heterocycles. The summed E-state index contributed by atoms with van der Waals surface area (Å²) in [4.78, 5) is 48.4. The first-order valence-corrected chi connectivity index (χ1v) is 19.5. The summed E-state index contributed by atoms with van der Waals surface area (Å²) in [5.74, 6) is 1.01. The number of benzene rings is 2. The van der Waals surface area contributed by atoms with Crippen molar-refractivity contribution in [3.05, 3.63) is 98.7 Å². The first kappa shape index (κ1) is 37.2. The zero-order valence-corrected chi connectivity index (χ0v) is 32.1. The maximum Gasteiger partial charge on any atom is 0.258 e. The second-order valence-corrected chi connectivity index (χ2v) is 15.8. The number of carbonyl (C=O) groups is 3. The van der Waals surface area contributed by atoms with Crippen LogP contribution in [-0.2, 0) is 29.1 Å². The van der Waals surface area contributed by atoms with Crippen molar-refractivity contribution in [1.29, 1.82) is 0 Å². The molecular weight excluding hydrogens is 741 g/mol. The van der Waals surface area contributed by atoms with Crippen LogP contribution in [0, 0.1) is 5.41 Å². The number of hydrogen-bond acceptors (Lipinski definition) is 9. The number of likely N-dealkylation sites (tertiary alicyclic amines) is 1. The monoisotopic (exact) mass is 783 g/mol. The molecule has 3 amide bonds. The molecule has 4 aliphatic rings. The minimum absolute atomic E-state index is 0.0474. The molecule has 2 aromatic carbocycles. The van der Waals surface area contributed by atoms with E-state index in [0.717, 1.165) is 78.8 Å². The second-order valence-electron chi connectivity index (χ2n) is 15.0. The van der Waals surface area contributed by atoms with Crippen molar-refractivity contribution < 1.29 is 23.9 Å². The lowest BCUT2D eigenvalue weighted by atomic mass is 9.86. The fraction of sp³-hybridized carbons (Fsp3) is 0.390. The minimum Gasteiger partial charge on any atom is -0.481 e. The van der Waals surface area contributed by atoms with Crippen molar-refractivity contribution in [3.8, 4) is 22.9 Å².